The number of nitro groups is 1. The summed E-state index contributed by atoms with van der Waals surface area (Å²) in [5.74, 6) is 0.338. The van der Waals surface area contributed by atoms with Crippen LogP contribution in [0.1, 0.15) is 6.42 Å². The second-order valence-corrected chi connectivity index (χ2v) is 4.71. The van der Waals surface area contributed by atoms with Gasteiger partial charge in [-0.3, -0.25) is 14.9 Å². The van der Waals surface area contributed by atoms with Crippen molar-refractivity contribution in [3.63, 3.8) is 0 Å². The molecule has 0 radical (unpaired) electrons. The topological polar surface area (TPSA) is 72.7 Å². The zero-order chi connectivity index (χ0) is 13.3. The minimum atomic E-state index is -0.498. The first kappa shape index (κ1) is 12.7. The van der Waals surface area contributed by atoms with Gasteiger partial charge in [0.05, 0.1) is 17.7 Å². The monoisotopic (exact) mass is 268 g/mol. The van der Waals surface area contributed by atoms with Crippen LogP contribution in [0, 0.1) is 10.1 Å². The van der Waals surface area contributed by atoms with Crippen LogP contribution in [-0.4, -0.2) is 29.7 Å². The number of carbonyl (C=O) groups excluding carboxylic acids is 1. The van der Waals surface area contributed by atoms with Crippen molar-refractivity contribution in [3.8, 4) is 5.75 Å². The zero-order valence-corrected chi connectivity index (χ0v) is 10.6. The van der Waals surface area contributed by atoms with Gasteiger partial charge in [-0.25, -0.2) is 0 Å². The van der Waals surface area contributed by atoms with Crippen molar-refractivity contribution >= 4 is 29.9 Å². The van der Waals surface area contributed by atoms with Crippen LogP contribution < -0.4 is 9.64 Å². The smallest absolute Gasteiger partial charge is 0.271 e. The van der Waals surface area contributed by atoms with E-state index in [9.17, 15) is 14.9 Å². The molecule has 0 bridgehead atoms. The van der Waals surface area contributed by atoms with E-state index in [1.165, 1.54) is 30.2 Å². The fourth-order valence-corrected chi connectivity index (χ4v) is 2.24. The molecule has 0 N–H and O–H groups in total. The number of benzene rings is 1. The van der Waals surface area contributed by atoms with Gasteiger partial charge in [-0.05, 0) is 6.07 Å². The first-order valence-corrected chi connectivity index (χ1v) is 5.85. The summed E-state index contributed by atoms with van der Waals surface area (Å²) >= 11 is 4.25. The van der Waals surface area contributed by atoms with E-state index in [0.29, 0.717) is 24.4 Å². The summed E-state index contributed by atoms with van der Waals surface area (Å²) in [6.07, 6.45) is 0.328. The maximum atomic E-state index is 11.8. The third kappa shape index (κ3) is 2.26. The maximum Gasteiger partial charge on any atom is 0.271 e. The molecular weight excluding hydrogens is 256 g/mol. The molecular formula is C11H12N2O4S. The van der Waals surface area contributed by atoms with Crippen molar-refractivity contribution in [2.24, 2.45) is 0 Å². The molecule has 7 heteroatoms. The summed E-state index contributed by atoms with van der Waals surface area (Å²) in [7, 11) is 1.46. The van der Waals surface area contributed by atoms with Crippen molar-refractivity contribution in [2.45, 2.75) is 11.7 Å². The molecule has 1 heterocycles. The number of hydrogen-bond donors (Lipinski definition) is 1. The molecule has 0 aromatic heterocycles. The predicted molar refractivity (Wildman–Crippen MR) is 69.4 cm³/mol. The van der Waals surface area contributed by atoms with Crippen molar-refractivity contribution < 1.29 is 14.5 Å². The van der Waals surface area contributed by atoms with Crippen molar-refractivity contribution in [1.29, 1.82) is 0 Å². The summed E-state index contributed by atoms with van der Waals surface area (Å²) in [6.45, 7) is 0.430. The number of non-ortho nitro benzene ring substituents is 1. The molecule has 1 unspecified atom stereocenters. The largest absolute Gasteiger partial charge is 0.495 e. The van der Waals surface area contributed by atoms with Gasteiger partial charge >= 0.3 is 0 Å². The summed E-state index contributed by atoms with van der Waals surface area (Å²) in [5.41, 5.74) is 0.356. The van der Waals surface area contributed by atoms with E-state index in [1.54, 1.807) is 0 Å². The SMILES string of the molecule is COc1ccc([N+](=O)[O-])cc1N1CC(S)CC1=O. The van der Waals surface area contributed by atoms with E-state index < -0.39 is 4.92 Å². The Hall–Kier alpha value is -1.76. The number of ether oxygens (including phenoxy) is 1. The van der Waals surface area contributed by atoms with Crippen LogP contribution in [-0.2, 0) is 4.79 Å². The number of amides is 1. The highest BCUT2D eigenvalue weighted by Gasteiger charge is 2.31. The van der Waals surface area contributed by atoms with Crippen LogP contribution in [0.15, 0.2) is 18.2 Å². The number of thiol groups is 1. The van der Waals surface area contributed by atoms with E-state index in [2.05, 4.69) is 12.6 Å². The molecule has 1 fully saturated rings. The number of carbonyl (C=O) groups is 1. The molecule has 6 nitrogen and oxygen atoms in total. The van der Waals surface area contributed by atoms with Crippen LogP contribution in [0.2, 0.25) is 0 Å². The first-order valence-electron chi connectivity index (χ1n) is 5.33. The van der Waals surface area contributed by atoms with Crippen LogP contribution >= 0.6 is 12.6 Å². The molecule has 1 aromatic carbocycles. The number of methoxy groups -OCH3 is 1. The Balaban J connectivity index is 2.44. The van der Waals surface area contributed by atoms with Gasteiger partial charge in [0.1, 0.15) is 5.75 Å². The molecule has 1 aliphatic heterocycles. The van der Waals surface area contributed by atoms with Gasteiger partial charge in [0.15, 0.2) is 0 Å². The number of rotatable bonds is 3. The molecule has 0 saturated carbocycles. The second kappa shape index (κ2) is 4.85. The minimum Gasteiger partial charge on any atom is -0.495 e. The van der Waals surface area contributed by atoms with Gasteiger partial charge in [-0.2, -0.15) is 12.6 Å². The Kier molecular flexibility index (Phi) is 3.42. The third-order valence-corrected chi connectivity index (χ3v) is 3.11. The molecule has 18 heavy (non-hydrogen) atoms. The summed E-state index contributed by atoms with van der Waals surface area (Å²) in [5, 5.41) is 10.7. The van der Waals surface area contributed by atoms with Crippen LogP contribution in [0.5, 0.6) is 5.75 Å². The van der Waals surface area contributed by atoms with Gasteiger partial charge in [-0.15, -0.1) is 0 Å². The maximum absolute atomic E-state index is 11.8. The molecule has 1 atom stereocenters. The highest BCUT2D eigenvalue weighted by Crippen LogP contribution is 2.35. The van der Waals surface area contributed by atoms with Crippen LogP contribution in [0.4, 0.5) is 11.4 Å². The molecule has 2 rings (SSSR count). The van der Waals surface area contributed by atoms with Gasteiger partial charge in [0.2, 0.25) is 5.91 Å². The van der Waals surface area contributed by atoms with Gasteiger partial charge < -0.3 is 9.64 Å². The third-order valence-electron chi connectivity index (χ3n) is 2.77. The summed E-state index contributed by atoms with van der Waals surface area (Å²) in [6, 6.07) is 4.19. The van der Waals surface area contributed by atoms with E-state index in [1.807, 2.05) is 0 Å². The number of anilines is 1. The Morgan fingerprint density at radius 2 is 2.28 bits per heavy atom. The van der Waals surface area contributed by atoms with E-state index >= 15 is 0 Å². The average molecular weight is 268 g/mol. The minimum absolute atomic E-state index is 0.0542. The normalized spacial score (nSPS) is 19.1. The summed E-state index contributed by atoms with van der Waals surface area (Å²) in [4.78, 5) is 23.5. The van der Waals surface area contributed by atoms with E-state index in [4.69, 9.17) is 4.74 Å². The molecule has 1 amide bonds. The van der Waals surface area contributed by atoms with Crippen molar-refractivity contribution in [3.05, 3.63) is 28.3 Å². The Morgan fingerprint density at radius 3 is 2.78 bits per heavy atom. The average Bonchev–Trinajstić information content (AvgIpc) is 2.67. The standard InChI is InChI=1S/C11H12N2O4S/c1-17-10-3-2-7(13(15)16)4-9(10)12-6-8(18)5-11(12)14/h2-4,8,18H,5-6H2,1H3. The van der Waals surface area contributed by atoms with Crippen LogP contribution in [0.25, 0.3) is 0 Å². The molecule has 1 aliphatic rings. The second-order valence-electron chi connectivity index (χ2n) is 3.98. The van der Waals surface area contributed by atoms with Crippen molar-refractivity contribution in [2.75, 3.05) is 18.6 Å². The Bertz CT molecular complexity index is 506. The van der Waals surface area contributed by atoms with Gasteiger partial charge in [-0.1, -0.05) is 0 Å². The predicted octanol–water partition coefficient (Wildman–Crippen LogP) is 1.64. The lowest BCUT2D eigenvalue weighted by atomic mass is 10.2. The lowest BCUT2D eigenvalue weighted by Gasteiger charge is -2.18. The fraction of sp³-hybridized carbons (Fsp3) is 0.364. The van der Waals surface area contributed by atoms with Crippen molar-refractivity contribution in [1.82, 2.24) is 0 Å². The quantitative estimate of drug-likeness (QED) is 0.514. The molecule has 0 aliphatic carbocycles. The first-order chi connectivity index (χ1) is 8.52. The fourth-order valence-electron chi connectivity index (χ4n) is 1.92. The highest BCUT2D eigenvalue weighted by molar-refractivity contribution is 7.81. The van der Waals surface area contributed by atoms with Gasteiger partial charge in [0.25, 0.3) is 5.69 Å². The lowest BCUT2D eigenvalue weighted by molar-refractivity contribution is -0.384. The Labute approximate surface area is 109 Å². The lowest BCUT2D eigenvalue weighted by Crippen LogP contribution is -2.25. The van der Waals surface area contributed by atoms with E-state index in [-0.39, 0.29) is 16.8 Å². The van der Waals surface area contributed by atoms with Crippen LogP contribution in [0.3, 0.4) is 0 Å². The molecule has 0 spiro atoms. The number of nitrogens with zero attached hydrogens (tertiary/aromatic N) is 2. The number of hydrogen-bond acceptors (Lipinski definition) is 5. The Morgan fingerprint density at radius 1 is 1.56 bits per heavy atom. The van der Waals surface area contributed by atoms with Gasteiger partial charge in [0, 0.05) is 30.3 Å². The molecule has 1 aromatic rings. The number of nitro benzene ring substituents is 1. The highest BCUT2D eigenvalue weighted by atomic mass is 32.1. The zero-order valence-electron chi connectivity index (χ0n) is 9.70. The van der Waals surface area contributed by atoms with E-state index in [0.717, 1.165) is 0 Å². The molecule has 1 saturated heterocycles. The summed E-state index contributed by atoms with van der Waals surface area (Å²) < 4.78 is 5.13. The molecule has 96 valence electrons.